The van der Waals surface area contributed by atoms with E-state index < -0.39 is 0 Å². The van der Waals surface area contributed by atoms with E-state index in [1.165, 1.54) is 5.56 Å². The summed E-state index contributed by atoms with van der Waals surface area (Å²) in [4.78, 5) is 2.21. The van der Waals surface area contributed by atoms with E-state index in [-0.39, 0.29) is 0 Å². The fourth-order valence-electron chi connectivity index (χ4n) is 2.60. The van der Waals surface area contributed by atoms with Crippen LogP contribution < -0.4 is 16.8 Å². The quantitative estimate of drug-likeness (QED) is 0.675. The monoisotopic (exact) mass is 234 g/mol. The molecule has 4 nitrogen and oxygen atoms in total. The van der Waals surface area contributed by atoms with Crippen LogP contribution in [0.15, 0.2) is 6.07 Å². The SMILES string of the molecule is Cc1cc(N)c2c(c1N)CC(CN(C)C)CN2. The van der Waals surface area contributed by atoms with Crippen molar-refractivity contribution in [2.24, 2.45) is 5.92 Å². The zero-order valence-corrected chi connectivity index (χ0v) is 10.9. The molecule has 4 heteroatoms. The summed E-state index contributed by atoms with van der Waals surface area (Å²) in [5, 5.41) is 3.42. The molecule has 0 amide bonds. The predicted molar refractivity (Wildman–Crippen MR) is 74.2 cm³/mol. The van der Waals surface area contributed by atoms with E-state index in [0.29, 0.717) is 5.92 Å². The van der Waals surface area contributed by atoms with Gasteiger partial charge in [-0.15, -0.1) is 0 Å². The summed E-state index contributed by atoms with van der Waals surface area (Å²) < 4.78 is 0. The molecular formula is C13H22N4. The zero-order valence-electron chi connectivity index (χ0n) is 10.9. The molecule has 0 bridgehead atoms. The van der Waals surface area contributed by atoms with Gasteiger partial charge in [0.25, 0.3) is 0 Å². The predicted octanol–water partition coefficient (Wildman–Crippen LogP) is 1.31. The molecule has 0 aromatic heterocycles. The Hall–Kier alpha value is -1.42. The molecule has 1 aliphatic heterocycles. The summed E-state index contributed by atoms with van der Waals surface area (Å²) in [7, 11) is 4.20. The number of aryl methyl sites for hydroxylation is 1. The minimum Gasteiger partial charge on any atom is -0.398 e. The molecule has 1 aliphatic rings. The van der Waals surface area contributed by atoms with E-state index in [4.69, 9.17) is 11.5 Å². The van der Waals surface area contributed by atoms with Gasteiger partial charge in [-0.2, -0.15) is 0 Å². The Labute approximate surface area is 103 Å². The smallest absolute Gasteiger partial charge is 0.0627 e. The first kappa shape index (κ1) is 12.0. The summed E-state index contributed by atoms with van der Waals surface area (Å²) in [6.07, 6.45) is 1.01. The van der Waals surface area contributed by atoms with E-state index >= 15 is 0 Å². The number of hydrogen-bond acceptors (Lipinski definition) is 4. The second-order valence-corrected chi connectivity index (χ2v) is 5.26. The molecule has 94 valence electrons. The Kier molecular flexibility index (Phi) is 3.15. The van der Waals surface area contributed by atoms with E-state index in [1.807, 2.05) is 13.0 Å². The third-order valence-corrected chi connectivity index (χ3v) is 3.40. The number of benzene rings is 1. The highest BCUT2D eigenvalue weighted by atomic mass is 15.1. The second-order valence-electron chi connectivity index (χ2n) is 5.26. The normalized spacial score (nSPS) is 18.9. The molecular weight excluding hydrogens is 212 g/mol. The van der Waals surface area contributed by atoms with Crippen LogP contribution in [0.4, 0.5) is 17.1 Å². The van der Waals surface area contributed by atoms with Crippen LogP contribution in [0.1, 0.15) is 11.1 Å². The third kappa shape index (κ3) is 2.31. The van der Waals surface area contributed by atoms with Gasteiger partial charge in [0.2, 0.25) is 0 Å². The standard InChI is InChI=1S/C13H22N4/c1-8-4-11(14)13-10(12(8)15)5-9(6-16-13)7-17(2)3/h4,9,16H,5-7,14-15H2,1-3H3. The summed E-state index contributed by atoms with van der Waals surface area (Å²) in [6.45, 7) is 4.05. The fraction of sp³-hybridized carbons (Fsp3) is 0.538. The first-order valence-electron chi connectivity index (χ1n) is 6.05. The van der Waals surface area contributed by atoms with Crippen molar-refractivity contribution >= 4 is 17.1 Å². The van der Waals surface area contributed by atoms with Gasteiger partial charge in [0.15, 0.2) is 0 Å². The maximum atomic E-state index is 6.16. The van der Waals surface area contributed by atoms with Crippen molar-refractivity contribution in [2.45, 2.75) is 13.3 Å². The van der Waals surface area contributed by atoms with Crippen LogP contribution in [-0.4, -0.2) is 32.1 Å². The molecule has 2 rings (SSSR count). The number of nitrogens with zero attached hydrogens (tertiary/aromatic N) is 1. The van der Waals surface area contributed by atoms with Gasteiger partial charge in [-0.1, -0.05) is 0 Å². The maximum Gasteiger partial charge on any atom is 0.0627 e. The van der Waals surface area contributed by atoms with Gasteiger partial charge in [-0.3, -0.25) is 0 Å². The van der Waals surface area contributed by atoms with E-state index in [0.717, 1.165) is 42.1 Å². The number of nitrogens with two attached hydrogens (primary N) is 2. The van der Waals surface area contributed by atoms with Gasteiger partial charge in [-0.25, -0.2) is 0 Å². The van der Waals surface area contributed by atoms with Crippen LogP contribution in [0.5, 0.6) is 0 Å². The molecule has 5 N–H and O–H groups in total. The topological polar surface area (TPSA) is 67.3 Å². The average molecular weight is 234 g/mol. The highest BCUT2D eigenvalue weighted by Gasteiger charge is 2.23. The van der Waals surface area contributed by atoms with Gasteiger partial charge in [-0.05, 0) is 45.0 Å². The fourth-order valence-corrected chi connectivity index (χ4v) is 2.60. The van der Waals surface area contributed by atoms with Crippen molar-refractivity contribution in [1.29, 1.82) is 0 Å². The highest BCUT2D eigenvalue weighted by Crippen LogP contribution is 2.36. The van der Waals surface area contributed by atoms with Crippen LogP contribution in [0.3, 0.4) is 0 Å². The van der Waals surface area contributed by atoms with Crippen LogP contribution >= 0.6 is 0 Å². The van der Waals surface area contributed by atoms with Gasteiger partial charge in [0.1, 0.15) is 0 Å². The first-order valence-corrected chi connectivity index (χ1v) is 6.05. The lowest BCUT2D eigenvalue weighted by Gasteiger charge is -2.30. The van der Waals surface area contributed by atoms with Crippen LogP contribution in [0, 0.1) is 12.8 Å². The summed E-state index contributed by atoms with van der Waals surface area (Å²) in [5.74, 6) is 0.598. The molecule has 0 saturated heterocycles. The number of anilines is 3. The largest absolute Gasteiger partial charge is 0.398 e. The second kappa shape index (κ2) is 4.45. The van der Waals surface area contributed by atoms with E-state index in [1.54, 1.807) is 0 Å². The van der Waals surface area contributed by atoms with Crippen LogP contribution in [0.25, 0.3) is 0 Å². The van der Waals surface area contributed by atoms with E-state index in [9.17, 15) is 0 Å². The lowest BCUT2D eigenvalue weighted by Crippen LogP contribution is -2.32. The average Bonchev–Trinajstić information content (AvgIpc) is 2.25. The summed E-state index contributed by atoms with van der Waals surface area (Å²) in [6, 6.07) is 1.95. The Morgan fingerprint density at radius 1 is 1.41 bits per heavy atom. The van der Waals surface area contributed by atoms with Crippen molar-refractivity contribution in [3.05, 3.63) is 17.2 Å². The number of hydrogen-bond donors (Lipinski definition) is 3. The van der Waals surface area contributed by atoms with Crippen molar-refractivity contribution in [2.75, 3.05) is 44.0 Å². The molecule has 0 spiro atoms. The highest BCUT2D eigenvalue weighted by molar-refractivity contribution is 5.79. The molecule has 1 atom stereocenters. The summed E-state index contributed by atoms with van der Waals surface area (Å²) >= 11 is 0. The zero-order chi connectivity index (χ0) is 12.6. The van der Waals surface area contributed by atoms with Crippen molar-refractivity contribution in [1.82, 2.24) is 4.90 Å². The Balaban J connectivity index is 2.30. The van der Waals surface area contributed by atoms with Gasteiger partial charge < -0.3 is 21.7 Å². The van der Waals surface area contributed by atoms with Gasteiger partial charge in [0.05, 0.1) is 11.4 Å². The molecule has 17 heavy (non-hydrogen) atoms. The minimum absolute atomic E-state index is 0.598. The number of nitrogen functional groups attached to an aromatic ring is 2. The molecule has 0 fully saturated rings. The van der Waals surface area contributed by atoms with E-state index in [2.05, 4.69) is 24.3 Å². The van der Waals surface area contributed by atoms with Gasteiger partial charge >= 0.3 is 0 Å². The molecule has 1 aromatic carbocycles. The Bertz CT molecular complexity index is 426. The Morgan fingerprint density at radius 3 is 2.76 bits per heavy atom. The maximum absolute atomic E-state index is 6.16. The lowest BCUT2D eigenvalue weighted by molar-refractivity contribution is 0.328. The number of nitrogens with one attached hydrogen (secondary N) is 1. The molecule has 1 heterocycles. The third-order valence-electron chi connectivity index (χ3n) is 3.40. The van der Waals surface area contributed by atoms with Gasteiger partial charge in [0, 0.05) is 24.3 Å². The molecule has 0 radical (unpaired) electrons. The van der Waals surface area contributed by atoms with Crippen molar-refractivity contribution < 1.29 is 0 Å². The molecule has 0 aliphatic carbocycles. The van der Waals surface area contributed by atoms with Crippen LogP contribution in [-0.2, 0) is 6.42 Å². The molecule has 1 aromatic rings. The van der Waals surface area contributed by atoms with Crippen molar-refractivity contribution in [3.8, 4) is 0 Å². The minimum atomic E-state index is 0.598. The number of fused-ring (bicyclic) bond motifs is 1. The molecule has 0 saturated carbocycles. The Morgan fingerprint density at radius 2 is 2.12 bits per heavy atom. The summed E-state index contributed by atoms with van der Waals surface area (Å²) in [5.41, 5.74) is 17.2. The van der Waals surface area contributed by atoms with Crippen LogP contribution in [0.2, 0.25) is 0 Å². The lowest BCUT2D eigenvalue weighted by atomic mass is 9.90. The molecule has 1 unspecified atom stereocenters. The first-order chi connectivity index (χ1) is 7.99. The van der Waals surface area contributed by atoms with Crippen molar-refractivity contribution in [3.63, 3.8) is 0 Å². The number of rotatable bonds is 2.